The summed E-state index contributed by atoms with van der Waals surface area (Å²) in [6.07, 6.45) is 2.88. The number of hydrogen-bond acceptors (Lipinski definition) is 4. The summed E-state index contributed by atoms with van der Waals surface area (Å²) in [4.78, 5) is 12.7. The van der Waals surface area contributed by atoms with Crippen LogP contribution in [0.3, 0.4) is 0 Å². The topological polar surface area (TPSA) is 71.3 Å². The van der Waals surface area contributed by atoms with Crippen LogP contribution in [0.25, 0.3) is 0 Å². The van der Waals surface area contributed by atoms with Crippen molar-refractivity contribution in [2.45, 2.75) is 58.7 Å². The van der Waals surface area contributed by atoms with Crippen molar-refractivity contribution >= 4 is 11.6 Å². The number of ether oxygens (including phenoxy) is 2. The number of amides is 1. The van der Waals surface area contributed by atoms with Crippen molar-refractivity contribution in [3.05, 3.63) is 23.8 Å². The van der Waals surface area contributed by atoms with Crippen molar-refractivity contribution in [1.29, 1.82) is 5.26 Å². The zero-order valence-electron chi connectivity index (χ0n) is 14.9. The first-order valence-electron chi connectivity index (χ1n) is 8.57. The third-order valence-electron chi connectivity index (χ3n) is 4.13. The summed E-state index contributed by atoms with van der Waals surface area (Å²) < 4.78 is 11.5. The Morgan fingerprint density at radius 2 is 2.17 bits per heavy atom. The molecular weight excluding hydrogens is 304 g/mol. The molecule has 130 valence electrons. The average Bonchev–Trinajstić information content (AvgIpc) is 3.38. The molecular formula is C19H26N2O3. The number of nitriles is 1. The van der Waals surface area contributed by atoms with Gasteiger partial charge in [0.2, 0.25) is 0 Å². The van der Waals surface area contributed by atoms with E-state index in [1.54, 1.807) is 18.2 Å². The Labute approximate surface area is 144 Å². The maximum Gasteiger partial charge on any atom is 0.256 e. The normalized spacial score (nSPS) is 16.3. The number of hydrogen-bond donors (Lipinski definition) is 1. The van der Waals surface area contributed by atoms with Crippen molar-refractivity contribution in [2.75, 3.05) is 11.9 Å². The van der Waals surface area contributed by atoms with Gasteiger partial charge in [0.05, 0.1) is 11.7 Å². The summed E-state index contributed by atoms with van der Waals surface area (Å²) in [6.45, 7) is 8.26. The molecule has 24 heavy (non-hydrogen) atoms. The maximum absolute atomic E-state index is 12.7. The second-order valence-electron chi connectivity index (χ2n) is 6.67. The van der Waals surface area contributed by atoms with Gasteiger partial charge >= 0.3 is 0 Å². The highest BCUT2D eigenvalue weighted by Crippen LogP contribution is 2.42. The van der Waals surface area contributed by atoms with Crippen LogP contribution in [0.1, 0.15) is 52.5 Å². The monoisotopic (exact) mass is 330 g/mol. The second-order valence-corrected chi connectivity index (χ2v) is 6.67. The van der Waals surface area contributed by atoms with Crippen molar-refractivity contribution < 1.29 is 14.3 Å². The van der Waals surface area contributed by atoms with Crippen LogP contribution >= 0.6 is 0 Å². The van der Waals surface area contributed by atoms with Crippen LogP contribution in [-0.2, 0) is 9.53 Å². The summed E-state index contributed by atoms with van der Waals surface area (Å²) in [7, 11) is 0. The molecule has 0 saturated heterocycles. The van der Waals surface area contributed by atoms with Gasteiger partial charge in [-0.05, 0) is 64.2 Å². The number of nitrogens with zero attached hydrogens (tertiary/aromatic N) is 1. The first-order chi connectivity index (χ1) is 11.4. The van der Waals surface area contributed by atoms with Crippen molar-refractivity contribution in [1.82, 2.24) is 0 Å². The number of nitrogens with one attached hydrogen (secondary N) is 1. The van der Waals surface area contributed by atoms with E-state index in [0.29, 0.717) is 23.6 Å². The fourth-order valence-corrected chi connectivity index (χ4v) is 2.62. The molecule has 0 spiro atoms. The number of carbonyl (C=O) groups is 1. The lowest BCUT2D eigenvalue weighted by molar-refractivity contribution is -0.142. The van der Waals surface area contributed by atoms with Crippen LogP contribution in [0.15, 0.2) is 18.2 Å². The molecule has 0 aromatic heterocycles. The summed E-state index contributed by atoms with van der Waals surface area (Å²) in [5.74, 6) is 0.639. The van der Waals surface area contributed by atoms with Crippen molar-refractivity contribution in [2.24, 2.45) is 5.92 Å². The third-order valence-corrected chi connectivity index (χ3v) is 4.13. The van der Waals surface area contributed by atoms with Gasteiger partial charge in [-0.2, -0.15) is 5.26 Å². The van der Waals surface area contributed by atoms with Gasteiger partial charge in [0, 0.05) is 12.3 Å². The molecule has 1 amide bonds. The van der Waals surface area contributed by atoms with Gasteiger partial charge in [0.25, 0.3) is 5.91 Å². The number of carbonyl (C=O) groups excluding carboxylic acids is 1. The standard InChI is InChI=1S/C19H26N2O3/c1-5-10-23-19(4,15-6-7-15)18(22)21-16-8-9-17(24-13(2)3)14(11-16)12-20/h8-9,11,13,15H,5-7,10H2,1-4H3,(H,21,22)/t19-/m0/s1. The molecule has 0 bridgehead atoms. The van der Waals surface area contributed by atoms with E-state index in [4.69, 9.17) is 9.47 Å². The van der Waals surface area contributed by atoms with Gasteiger partial charge in [0.1, 0.15) is 17.4 Å². The van der Waals surface area contributed by atoms with Crippen LogP contribution in [-0.4, -0.2) is 24.2 Å². The summed E-state index contributed by atoms with van der Waals surface area (Å²) in [5, 5.41) is 12.2. The fraction of sp³-hybridized carbons (Fsp3) is 0.579. The van der Waals surface area contributed by atoms with Gasteiger partial charge in [-0.1, -0.05) is 6.92 Å². The molecule has 1 atom stereocenters. The minimum absolute atomic E-state index is 0.0156. The highest BCUT2D eigenvalue weighted by Gasteiger charge is 2.48. The van der Waals surface area contributed by atoms with E-state index in [1.165, 1.54) is 0 Å². The van der Waals surface area contributed by atoms with E-state index < -0.39 is 5.60 Å². The number of rotatable bonds is 8. The van der Waals surface area contributed by atoms with Crippen molar-refractivity contribution in [3.63, 3.8) is 0 Å². The largest absolute Gasteiger partial charge is 0.490 e. The minimum Gasteiger partial charge on any atom is -0.490 e. The predicted molar refractivity (Wildman–Crippen MR) is 92.9 cm³/mol. The molecule has 5 nitrogen and oxygen atoms in total. The Morgan fingerprint density at radius 3 is 2.71 bits per heavy atom. The third kappa shape index (κ3) is 4.27. The zero-order valence-corrected chi connectivity index (χ0v) is 14.9. The van der Waals surface area contributed by atoms with E-state index in [-0.39, 0.29) is 17.9 Å². The van der Waals surface area contributed by atoms with E-state index >= 15 is 0 Å². The van der Waals surface area contributed by atoms with Gasteiger partial charge in [-0.25, -0.2) is 0 Å². The molecule has 1 N–H and O–H groups in total. The summed E-state index contributed by atoms with van der Waals surface area (Å²) in [6, 6.07) is 7.23. The lowest BCUT2D eigenvalue weighted by atomic mass is 9.98. The van der Waals surface area contributed by atoms with E-state index in [0.717, 1.165) is 19.3 Å². The molecule has 0 aliphatic heterocycles. The SMILES string of the molecule is CCCO[C@](C)(C(=O)Nc1ccc(OC(C)C)c(C#N)c1)C1CC1. The van der Waals surface area contributed by atoms with E-state index in [2.05, 4.69) is 11.4 Å². The molecule has 0 unspecified atom stereocenters. The summed E-state index contributed by atoms with van der Waals surface area (Å²) >= 11 is 0. The second kappa shape index (κ2) is 7.67. The van der Waals surface area contributed by atoms with Gasteiger partial charge in [-0.3, -0.25) is 4.79 Å². The molecule has 2 rings (SSSR count). The maximum atomic E-state index is 12.7. The van der Waals surface area contributed by atoms with Crippen LogP contribution in [0.5, 0.6) is 5.75 Å². The summed E-state index contributed by atoms with van der Waals surface area (Å²) in [5.41, 5.74) is 0.180. The van der Waals surface area contributed by atoms with Crippen molar-refractivity contribution in [3.8, 4) is 11.8 Å². The minimum atomic E-state index is -0.810. The number of anilines is 1. The first-order valence-corrected chi connectivity index (χ1v) is 8.57. The Kier molecular flexibility index (Phi) is 5.84. The van der Waals surface area contributed by atoms with E-state index in [1.807, 2.05) is 27.7 Å². The molecule has 1 saturated carbocycles. The molecule has 0 radical (unpaired) electrons. The van der Waals surface area contributed by atoms with Crippen LogP contribution in [0.4, 0.5) is 5.69 Å². The molecule has 5 heteroatoms. The fourth-order valence-electron chi connectivity index (χ4n) is 2.62. The molecule has 1 aliphatic carbocycles. The molecule has 1 aromatic carbocycles. The Bertz CT molecular complexity index is 632. The predicted octanol–water partition coefficient (Wildman–Crippen LogP) is 3.88. The smallest absolute Gasteiger partial charge is 0.256 e. The van der Waals surface area contributed by atoms with Gasteiger partial charge < -0.3 is 14.8 Å². The average molecular weight is 330 g/mol. The molecule has 0 heterocycles. The zero-order chi connectivity index (χ0) is 17.7. The van der Waals surface area contributed by atoms with Crippen LogP contribution < -0.4 is 10.1 Å². The Morgan fingerprint density at radius 1 is 1.46 bits per heavy atom. The lowest BCUT2D eigenvalue weighted by Gasteiger charge is -2.28. The van der Waals surface area contributed by atoms with Gasteiger partial charge in [0.15, 0.2) is 0 Å². The Balaban J connectivity index is 2.14. The quantitative estimate of drug-likeness (QED) is 0.785. The number of benzene rings is 1. The highest BCUT2D eigenvalue weighted by molar-refractivity contribution is 5.97. The molecule has 1 aliphatic rings. The van der Waals surface area contributed by atoms with E-state index in [9.17, 15) is 10.1 Å². The Hall–Kier alpha value is -2.06. The molecule has 1 aromatic rings. The van der Waals surface area contributed by atoms with Gasteiger partial charge in [-0.15, -0.1) is 0 Å². The first kappa shape index (κ1) is 18.3. The lowest BCUT2D eigenvalue weighted by Crippen LogP contribution is -2.45. The van der Waals surface area contributed by atoms with Crippen LogP contribution in [0.2, 0.25) is 0 Å². The highest BCUT2D eigenvalue weighted by atomic mass is 16.5. The van der Waals surface area contributed by atoms with Crippen LogP contribution in [0, 0.1) is 17.2 Å². The molecule has 1 fully saturated rings.